The topological polar surface area (TPSA) is 133 Å². The molecule has 0 atom stereocenters. The molecule has 0 bridgehead atoms. The first-order valence-electron chi connectivity index (χ1n) is 6.21. The van der Waals surface area contributed by atoms with Crippen LogP contribution < -0.4 is 11.3 Å². The summed E-state index contributed by atoms with van der Waals surface area (Å²) in [4.78, 5) is 4.10. The van der Waals surface area contributed by atoms with Crippen molar-refractivity contribution in [3.05, 3.63) is 24.4 Å². The number of pyridine rings is 1. The van der Waals surface area contributed by atoms with Crippen LogP contribution >= 0.6 is 0 Å². The molecule has 0 unspecified atom stereocenters. The molecule has 0 aromatic carbocycles. The van der Waals surface area contributed by atoms with Crippen molar-refractivity contribution in [2.24, 2.45) is 5.84 Å². The summed E-state index contributed by atoms with van der Waals surface area (Å²) in [5.74, 6) is 5.35. The minimum atomic E-state index is -3.98. The summed E-state index contributed by atoms with van der Waals surface area (Å²) < 4.78 is 27.8. The minimum Gasteiger partial charge on any atom is -0.395 e. The molecule has 2 aromatic heterocycles. The molecule has 0 aliphatic heterocycles. The molecule has 0 radical (unpaired) electrons. The van der Waals surface area contributed by atoms with Gasteiger partial charge in [-0.1, -0.05) is 6.07 Å². The van der Waals surface area contributed by atoms with Crippen molar-refractivity contribution in [2.75, 3.05) is 31.7 Å². The van der Waals surface area contributed by atoms with Crippen molar-refractivity contribution in [3.8, 4) is 0 Å². The number of nitrogens with one attached hydrogen (secondary N) is 1. The number of hydrogen-bond donors (Lipinski definition) is 4. The van der Waals surface area contributed by atoms with Gasteiger partial charge in [-0.3, -0.25) is 4.40 Å². The Morgan fingerprint density at radius 2 is 1.95 bits per heavy atom. The summed E-state index contributed by atoms with van der Waals surface area (Å²) in [6, 6.07) is 5.02. The van der Waals surface area contributed by atoms with Gasteiger partial charge in [0.25, 0.3) is 10.0 Å². The number of hydrazine groups is 1. The van der Waals surface area contributed by atoms with E-state index in [4.69, 9.17) is 16.1 Å². The molecule has 2 aromatic rings. The summed E-state index contributed by atoms with van der Waals surface area (Å²) in [5, 5.41) is 17.9. The molecule has 9 nitrogen and oxygen atoms in total. The maximum absolute atomic E-state index is 12.7. The molecular formula is C11H17N5O4S. The predicted molar refractivity (Wildman–Crippen MR) is 75.9 cm³/mol. The van der Waals surface area contributed by atoms with Crippen LogP contribution in [0.4, 0.5) is 5.82 Å². The van der Waals surface area contributed by atoms with E-state index >= 15 is 0 Å². The predicted octanol–water partition coefficient (Wildman–Crippen LogP) is -1.40. The van der Waals surface area contributed by atoms with Crippen LogP contribution in [0, 0.1) is 0 Å². The van der Waals surface area contributed by atoms with Crippen LogP contribution in [-0.2, 0) is 10.0 Å². The second kappa shape index (κ2) is 6.37. The number of anilines is 1. The molecule has 0 saturated heterocycles. The summed E-state index contributed by atoms with van der Waals surface area (Å²) >= 11 is 0. The lowest BCUT2D eigenvalue weighted by Gasteiger charge is -2.20. The fraction of sp³-hybridized carbons (Fsp3) is 0.364. The second-order valence-corrected chi connectivity index (χ2v) is 6.04. The molecule has 10 heteroatoms. The minimum absolute atomic E-state index is 0.00193. The molecule has 0 amide bonds. The Labute approximate surface area is 121 Å². The van der Waals surface area contributed by atoms with E-state index in [1.165, 1.54) is 4.40 Å². The van der Waals surface area contributed by atoms with Crippen molar-refractivity contribution >= 4 is 21.5 Å². The number of aliphatic hydroxyl groups excluding tert-OH is 2. The Hall–Kier alpha value is -1.72. The van der Waals surface area contributed by atoms with Crippen LogP contribution in [0.15, 0.2) is 29.4 Å². The number of rotatable bonds is 7. The Morgan fingerprint density at radius 1 is 1.29 bits per heavy atom. The Kier molecular flexibility index (Phi) is 4.75. The molecular weight excluding hydrogens is 298 g/mol. The third-order valence-electron chi connectivity index (χ3n) is 2.91. The van der Waals surface area contributed by atoms with Crippen molar-refractivity contribution in [1.82, 2.24) is 13.7 Å². The molecule has 0 spiro atoms. The van der Waals surface area contributed by atoms with E-state index in [9.17, 15) is 8.42 Å². The van der Waals surface area contributed by atoms with Crippen LogP contribution in [0.2, 0.25) is 0 Å². The van der Waals surface area contributed by atoms with Gasteiger partial charge in [-0.2, -0.15) is 4.31 Å². The normalized spacial score (nSPS) is 12.2. The molecule has 0 aliphatic rings. The highest BCUT2D eigenvalue weighted by Crippen LogP contribution is 2.25. The van der Waals surface area contributed by atoms with Gasteiger partial charge >= 0.3 is 0 Å². The molecule has 0 aliphatic carbocycles. The SMILES string of the molecule is NNc1nc2ccccn2c1S(=O)(=O)N(CCO)CCO. The maximum atomic E-state index is 12.7. The number of nitrogens with zero attached hydrogens (tertiary/aromatic N) is 3. The number of nitrogen functional groups attached to an aromatic ring is 1. The molecule has 0 saturated carbocycles. The van der Waals surface area contributed by atoms with E-state index in [0.717, 1.165) is 4.31 Å². The lowest BCUT2D eigenvalue weighted by Crippen LogP contribution is -2.37. The van der Waals surface area contributed by atoms with Crippen molar-refractivity contribution in [2.45, 2.75) is 5.03 Å². The van der Waals surface area contributed by atoms with Gasteiger partial charge in [0.2, 0.25) is 5.03 Å². The quantitative estimate of drug-likeness (QED) is 0.364. The lowest BCUT2D eigenvalue weighted by molar-refractivity contribution is 0.217. The third-order valence-corrected chi connectivity index (χ3v) is 4.83. The lowest BCUT2D eigenvalue weighted by atomic mass is 10.5. The second-order valence-electron chi connectivity index (χ2n) is 4.19. The van der Waals surface area contributed by atoms with Crippen LogP contribution in [0.5, 0.6) is 0 Å². The van der Waals surface area contributed by atoms with Crippen LogP contribution in [0.1, 0.15) is 0 Å². The van der Waals surface area contributed by atoms with E-state index in [2.05, 4.69) is 10.4 Å². The molecule has 5 N–H and O–H groups in total. The Balaban J connectivity index is 2.62. The van der Waals surface area contributed by atoms with Gasteiger partial charge in [0.1, 0.15) is 5.65 Å². The van der Waals surface area contributed by atoms with Crippen molar-refractivity contribution < 1.29 is 18.6 Å². The monoisotopic (exact) mass is 315 g/mol. The smallest absolute Gasteiger partial charge is 0.263 e. The van der Waals surface area contributed by atoms with Gasteiger partial charge in [-0.15, -0.1) is 0 Å². The largest absolute Gasteiger partial charge is 0.395 e. The van der Waals surface area contributed by atoms with Crippen molar-refractivity contribution in [1.29, 1.82) is 0 Å². The standard InChI is InChI=1S/C11H17N5O4S/c12-14-10-11(16-4-2-1-3-9(16)13-10)21(19,20)15(5-7-17)6-8-18/h1-4,14,17-18H,5-8,12H2. The van der Waals surface area contributed by atoms with Gasteiger partial charge < -0.3 is 15.6 Å². The number of aromatic nitrogens is 2. The molecule has 2 rings (SSSR count). The number of imidazole rings is 1. The maximum Gasteiger partial charge on any atom is 0.263 e. The zero-order chi connectivity index (χ0) is 15.5. The first-order valence-corrected chi connectivity index (χ1v) is 7.65. The third kappa shape index (κ3) is 2.84. The number of hydrogen-bond acceptors (Lipinski definition) is 7. The highest BCUT2D eigenvalue weighted by molar-refractivity contribution is 7.89. The number of aliphatic hydroxyl groups is 2. The van der Waals surface area contributed by atoms with Gasteiger partial charge in [0.05, 0.1) is 13.2 Å². The van der Waals surface area contributed by atoms with Gasteiger partial charge in [0.15, 0.2) is 5.82 Å². The van der Waals surface area contributed by atoms with Crippen molar-refractivity contribution in [3.63, 3.8) is 0 Å². The summed E-state index contributed by atoms with van der Waals surface area (Å²) in [7, 11) is -3.98. The fourth-order valence-electron chi connectivity index (χ4n) is 2.01. The van der Waals surface area contributed by atoms with Crippen LogP contribution in [0.3, 0.4) is 0 Å². The summed E-state index contributed by atoms with van der Waals surface area (Å²) in [5.41, 5.74) is 2.68. The van der Waals surface area contributed by atoms with E-state index in [1.54, 1.807) is 24.4 Å². The van der Waals surface area contributed by atoms with E-state index in [1.807, 2.05) is 0 Å². The average Bonchev–Trinajstić information content (AvgIpc) is 2.86. The van der Waals surface area contributed by atoms with Gasteiger partial charge in [0, 0.05) is 19.3 Å². The number of sulfonamides is 1. The zero-order valence-corrected chi connectivity index (χ0v) is 12.0. The Morgan fingerprint density at radius 3 is 2.52 bits per heavy atom. The van der Waals surface area contributed by atoms with E-state index in [0.29, 0.717) is 5.65 Å². The first-order chi connectivity index (χ1) is 10.1. The molecule has 116 valence electrons. The van der Waals surface area contributed by atoms with Crippen LogP contribution in [-0.4, -0.2) is 58.6 Å². The fourth-order valence-corrected chi connectivity index (χ4v) is 3.65. The molecule has 2 heterocycles. The zero-order valence-electron chi connectivity index (χ0n) is 11.2. The highest BCUT2D eigenvalue weighted by Gasteiger charge is 2.30. The first kappa shape index (κ1) is 15.7. The van der Waals surface area contributed by atoms with Gasteiger partial charge in [-0.05, 0) is 12.1 Å². The molecule has 21 heavy (non-hydrogen) atoms. The van der Waals surface area contributed by atoms with Gasteiger partial charge in [-0.25, -0.2) is 19.2 Å². The average molecular weight is 315 g/mol. The van der Waals surface area contributed by atoms with Crippen LogP contribution in [0.25, 0.3) is 5.65 Å². The number of fused-ring (bicyclic) bond motifs is 1. The molecule has 0 fully saturated rings. The Bertz CT molecular complexity index is 708. The van der Waals surface area contributed by atoms with E-state index in [-0.39, 0.29) is 37.1 Å². The van der Waals surface area contributed by atoms with E-state index < -0.39 is 10.0 Å². The highest BCUT2D eigenvalue weighted by atomic mass is 32.2. The summed E-state index contributed by atoms with van der Waals surface area (Å²) in [6.07, 6.45) is 1.55. The number of nitrogens with two attached hydrogens (primary N) is 1. The summed E-state index contributed by atoms with van der Waals surface area (Å²) in [6.45, 7) is -0.983.